The Morgan fingerprint density at radius 1 is 1.19 bits per heavy atom. The van der Waals surface area contributed by atoms with E-state index in [-0.39, 0.29) is 24.3 Å². The molecule has 9 nitrogen and oxygen atoms in total. The molecule has 0 aliphatic carbocycles. The van der Waals surface area contributed by atoms with E-state index in [0.29, 0.717) is 23.9 Å². The number of nitrogens with one attached hydrogen (secondary N) is 2. The fraction of sp³-hybridized carbons (Fsp3) is 0.412. The Balaban J connectivity index is 1.87. The fourth-order valence-corrected chi connectivity index (χ4v) is 2.10. The summed E-state index contributed by atoms with van der Waals surface area (Å²) in [6, 6.07) is 5.42. The third-order valence-electron chi connectivity index (χ3n) is 3.56. The first kappa shape index (κ1) is 19.2. The molecule has 2 N–H and O–H groups in total. The smallest absolute Gasteiger partial charge is 0.242 e. The lowest BCUT2D eigenvalue weighted by molar-refractivity contribution is -0.122. The van der Waals surface area contributed by atoms with Crippen molar-refractivity contribution in [2.24, 2.45) is 5.92 Å². The van der Waals surface area contributed by atoms with Crippen molar-refractivity contribution in [1.82, 2.24) is 20.3 Å². The van der Waals surface area contributed by atoms with E-state index in [1.165, 1.54) is 10.9 Å². The fourth-order valence-electron chi connectivity index (χ4n) is 2.10. The maximum Gasteiger partial charge on any atom is 0.242 e. The average Bonchev–Trinajstić information content (AvgIpc) is 3.06. The molecule has 9 heteroatoms. The Labute approximate surface area is 151 Å². The minimum atomic E-state index is -0.230. The molecule has 0 aliphatic heterocycles. The van der Waals surface area contributed by atoms with Crippen LogP contribution in [0.1, 0.15) is 19.4 Å². The number of amides is 2. The van der Waals surface area contributed by atoms with E-state index in [9.17, 15) is 9.59 Å². The van der Waals surface area contributed by atoms with Crippen LogP contribution in [-0.2, 0) is 22.7 Å². The van der Waals surface area contributed by atoms with Gasteiger partial charge >= 0.3 is 0 Å². The maximum atomic E-state index is 12.1. The van der Waals surface area contributed by atoms with Gasteiger partial charge in [-0.25, -0.2) is 4.68 Å². The highest BCUT2D eigenvalue weighted by Crippen LogP contribution is 2.27. The van der Waals surface area contributed by atoms with Gasteiger partial charge in [0.15, 0.2) is 17.3 Å². The van der Waals surface area contributed by atoms with Crippen molar-refractivity contribution in [3.8, 4) is 11.5 Å². The number of methoxy groups -OCH3 is 2. The van der Waals surface area contributed by atoms with E-state index >= 15 is 0 Å². The van der Waals surface area contributed by atoms with Crippen LogP contribution in [0.25, 0.3) is 0 Å². The molecule has 2 amide bonds. The van der Waals surface area contributed by atoms with Crippen molar-refractivity contribution in [3.05, 3.63) is 30.0 Å². The summed E-state index contributed by atoms with van der Waals surface area (Å²) in [4.78, 5) is 23.7. The SMILES string of the molecule is COc1ccc(CNC(=O)Cn2cc(NC(=O)C(C)C)nn2)cc1OC. The number of carbonyl (C=O) groups excluding carboxylic acids is 2. The van der Waals surface area contributed by atoms with Gasteiger partial charge in [0.1, 0.15) is 6.54 Å². The van der Waals surface area contributed by atoms with Gasteiger partial charge in [-0.15, -0.1) is 5.10 Å². The van der Waals surface area contributed by atoms with Gasteiger partial charge in [0.2, 0.25) is 11.8 Å². The number of ether oxygens (including phenoxy) is 2. The molecule has 2 aromatic rings. The third kappa shape index (κ3) is 5.20. The normalized spacial score (nSPS) is 10.5. The van der Waals surface area contributed by atoms with E-state index in [1.54, 1.807) is 40.2 Å². The second-order valence-electron chi connectivity index (χ2n) is 5.91. The first-order chi connectivity index (χ1) is 12.4. The number of hydrogen-bond acceptors (Lipinski definition) is 6. The van der Waals surface area contributed by atoms with Crippen molar-refractivity contribution in [2.75, 3.05) is 19.5 Å². The van der Waals surface area contributed by atoms with Gasteiger partial charge in [0.05, 0.1) is 20.4 Å². The Kier molecular flexibility index (Phi) is 6.54. The van der Waals surface area contributed by atoms with Gasteiger partial charge in [0, 0.05) is 12.5 Å². The molecule has 0 bridgehead atoms. The molecule has 0 unspecified atom stereocenters. The highest BCUT2D eigenvalue weighted by molar-refractivity contribution is 5.90. The topological polar surface area (TPSA) is 107 Å². The minimum absolute atomic E-state index is 0.00214. The highest BCUT2D eigenvalue weighted by Gasteiger charge is 2.11. The third-order valence-corrected chi connectivity index (χ3v) is 3.56. The van der Waals surface area contributed by atoms with E-state index in [1.807, 2.05) is 6.07 Å². The zero-order valence-electron chi connectivity index (χ0n) is 15.3. The number of nitrogens with zero attached hydrogens (tertiary/aromatic N) is 3. The van der Waals surface area contributed by atoms with Crippen LogP contribution in [0.15, 0.2) is 24.4 Å². The molecule has 1 heterocycles. The van der Waals surface area contributed by atoms with Crippen LogP contribution in [0.2, 0.25) is 0 Å². The van der Waals surface area contributed by atoms with Gasteiger partial charge < -0.3 is 20.1 Å². The first-order valence-electron chi connectivity index (χ1n) is 8.11. The molecule has 140 valence electrons. The molecule has 0 saturated heterocycles. The average molecular weight is 361 g/mol. The quantitative estimate of drug-likeness (QED) is 0.732. The molecule has 0 atom stereocenters. The second kappa shape index (κ2) is 8.84. The number of carbonyl (C=O) groups is 2. The summed E-state index contributed by atoms with van der Waals surface area (Å²) in [5.74, 6) is 0.991. The van der Waals surface area contributed by atoms with Crippen molar-refractivity contribution in [2.45, 2.75) is 26.9 Å². The summed E-state index contributed by atoms with van der Waals surface area (Å²) >= 11 is 0. The molecular weight excluding hydrogens is 338 g/mol. The minimum Gasteiger partial charge on any atom is -0.493 e. The molecule has 0 aliphatic rings. The Morgan fingerprint density at radius 2 is 1.92 bits per heavy atom. The maximum absolute atomic E-state index is 12.1. The molecule has 0 fully saturated rings. The Bertz CT molecular complexity index is 772. The molecule has 26 heavy (non-hydrogen) atoms. The Morgan fingerprint density at radius 3 is 2.58 bits per heavy atom. The number of hydrogen-bond donors (Lipinski definition) is 2. The summed E-state index contributed by atoms with van der Waals surface area (Å²) in [6.45, 7) is 3.89. The number of anilines is 1. The standard InChI is InChI=1S/C17H23N5O4/c1-11(2)17(24)19-15-9-22(21-20-15)10-16(23)18-8-12-5-6-13(25-3)14(7-12)26-4/h5-7,9,11H,8,10H2,1-4H3,(H,18,23)(H,19,24). The zero-order chi connectivity index (χ0) is 19.1. The van der Waals surface area contributed by atoms with Crippen molar-refractivity contribution in [1.29, 1.82) is 0 Å². The van der Waals surface area contributed by atoms with Crippen LogP contribution < -0.4 is 20.1 Å². The molecule has 1 aromatic carbocycles. The summed E-state index contributed by atoms with van der Waals surface area (Å²) in [7, 11) is 3.12. The Hall–Kier alpha value is -3.10. The molecule has 2 rings (SSSR count). The van der Waals surface area contributed by atoms with Crippen LogP contribution in [0.5, 0.6) is 11.5 Å². The molecular formula is C17H23N5O4. The van der Waals surface area contributed by atoms with Crippen LogP contribution in [0.4, 0.5) is 5.82 Å². The van der Waals surface area contributed by atoms with Crippen LogP contribution in [-0.4, -0.2) is 41.0 Å². The van der Waals surface area contributed by atoms with Gasteiger partial charge in [-0.2, -0.15) is 0 Å². The molecule has 0 saturated carbocycles. The largest absolute Gasteiger partial charge is 0.493 e. The van der Waals surface area contributed by atoms with Crippen LogP contribution >= 0.6 is 0 Å². The van der Waals surface area contributed by atoms with E-state index in [0.717, 1.165) is 5.56 Å². The summed E-state index contributed by atoms with van der Waals surface area (Å²) in [6.07, 6.45) is 1.51. The van der Waals surface area contributed by atoms with Gasteiger partial charge in [-0.05, 0) is 17.7 Å². The van der Waals surface area contributed by atoms with Crippen molar-refractivity contribution >= 4 is 17.6 Å². The lowest BCUT2D eigenvalue weighted by atomic mass is 10.2. The van der Waals surface area contributed by atoms with Gasteiger partial charge in [0.25, 0.3) is 0 Å². The van der Waals surface area contributed by atoms with Crippen LogP contribution in [0, 0.1) is 5.92 Å². The van der Waals surface area contributed by atoms with Gasteiger partial charge in [-0.1, -0.05) is 25.1 Å². The van der Waals surface area contributed by atoms with Gasteiger partial charge in [-0.3, -0.25) is 9.59 Å². The number of aromatic nitrogens is 3. The molecule has 0 radical (unpaired) electrons. The highest BCUT2D eigenvalue weighted by atomic mass is 16.5. The first-order valence-corrected chi connectivity index (χ1v) is 8.11. The second-order valence-corrected chi connectivity index (χ2v) is 5.91. The molecule has 1 aromatic heterocycles. The monoisotopic (exact) mass is 361 g/mol. The van der Waals surface area contributed by atoms with Crippen LogP contribution in [0.3, 0.4) is 0 Å². The zero-order valence-corrected chi connectivity index (χ0v) is 15.3. The van der Waals surface area contributed by atoms with E-state index < -0.39 is 0 Å². The number of benzene rings is 1. The lowest BCUT2D eigenvalue weighted by Gasteiger charge is -2.10. The predicted molar refractivity (Wildman–Crippen MR) is 94.9 cm³/mol. The van der Waals surface area contributed by atoms with Crippen molar-refractivity contribution < 1.29 is 19.1 Å². The predicted octanol–water partition coefficient (Wildman–Crippen LogP) is 1.21. The molecule has 0 spiro atoms. The number of rotatable bonds is 8. The van der Waals surface area contributed by atoms with Crippen molar-refractivity contribution in [3.63, 3.8) is 0 Å². The van der Waals surface area contributed by atoms with E-state index in [2.05, 4.69) is 20.9 Å². The van der Waals surface area contributed by atoms with E-state index in [4.69, 9.17) is 9.47 Å². The lowest BCUT2D eigenvalue weighted by Crippen LogP contribution is -2.27. The summed E-state index contributed by atoms with van der Waals surface area (Å²) in [5, 5.41) is 13.1. The summed E-state index contributed by atoms with van der Waals surface area (Å²) in [5.41, 5.74) is 0.875. The summed E-state index contributed by atoms with van der Waals surface area (Å²) < 4.78 is 11.8.